The van der Waals surface area contributed by atoms with Crippen molar-refractivity contribution < 1.29 is 9.53 Å². The highest BCUT2D eigenvalue weighted by Crippen LogP contribution is 2.11. The van der Waals surface area contributed by atoms with Crippen LogP contribution in [0, 0.1) is 0 Å². The fourth-order valence-electron chi connectivity index (χ4n) is 2.16. The number of morpholine rings is 1. The maximum Gasteiger partial charge on any atom is 0.243 e. The van der Waals surface area contributed by atoms with E-state index >= 15 is 0 Å². The highest BCUT2D eigenvalue weighted by Gasteiger charge is 2.20. The Bertz CT molecular complexity index is 576. The Morgan fingerprint density at radius 3 is 2.95 bits per heavy atom. The van der Waals surface area contributed by atoms with Crippen LogP contribution in [0.1, 0.15) is 5.56 Å². The van der Waals surface area contributed by atoms with Crippen molar-refractivity contribution in [1.29, 1.82) is 0 Å². The van der Waals surface area contributed by atoms with E-state index < -0.39 is 0 Å². The van der Waals surface area contributed by atoms with Gasteiger partial charge in [-0.15, -0.1) is 0 Å². The van der Waals surface area contributed by atoms with Crippen LogP contribution in [0.2, 0.25) is 0 Å². The number of benzene rings is 1. The number of nitrogens with one attached hydrogen (secondary N) is 2. The van der Waals surface area contributed by atoms with Gasteiger partial charge >= 0.3 is 0 Å². The Morgan fingerprint density at radius 1 is 1.43 bits per heavy atom. The lowest BCUT2D eigenvalue weighted by Crippen LogP contribution is -2.48. The molecule has 1 saturated heterocycles. The Kier molecular flexibility index (Phi) is 4.23. The zero-order valence-electron chi connectivity index (χ0n) is 11.5. The van der Waals surface area contributed by atoms with Gasteiger partial charge in [-0.1, -0.05) is 12.1 Å². The van der Waals surface area contributed by atoms with E-state index in [0.29, 0.717) is 26.3 Å². The third-order valence-corrected chi connectivity index (χ3v) is 3.27. The second-order valence-electron chi connectivity index (χ2n) is 4.86. The zero-order valence-corrected chi connectivity index (χ0v) is 11.5. The molecule has 1 atom stereocenters. The van der Waals surface area contributed by atoms with E-state index in [9.17, 15) is 4.79 Å². The fourth-order valence-corrected chi connectivity index (χ4v) is 2.16. The van der Waals surface area contributed by atoms with Gasteiger partial charge in [0.25, 0.3) is 0 Å². The molecule has 21 heavy (non-hydrogen) atoms. The molecule has 2 aromatic rings. The lowest BCUT2D eigenvalue weighted by Gasteiger charge is -2.22. The van der Waals surface area contributed by atoms with Gasteiger partial charge in [-0.3, -0.25) is 4.79 Å². The third-order valence-electron chi connectivity index (χ3n) is 3.27. The summed E-state index contributed by atoms with van der Waals surface area (Å²) < 4.78 is 7.03. The summed E-state index contributed by atoms with van der Waals surface area (Å²) in [5, 5.41) is 10.1. The first kappa shape index (κ1) is 13.7. The van der Waals surface area contributed by atoms with Gasteiger partial charge in [-0.05, 0) is 17.7 Å². The van der Waals surface area contributed by atoms with E-state index in [2.05, 4.69) is 20.7 Å². The first-order valence-corrected chi connectivity index (χ1v) is 6.84. The Morgan fingerprint density at radius 2 is 2.29 bits per heavy atom. The lowest BCUT2D eigenvalue weighted by atomic mass is 10.2. The number of anilines is 1. The van der Waals surface area contributed by atoms with Crippen molar-refractivity contribution in [3.8, 4) is 0 Å². The van der Waals surface area contributed by atoms with E-state index in [0.717, 1.165) is 11.3 Å². The van der Waals surface area contributed by atoms with Crippen molar-refractivity contribution in [2.75, 3.05) is 25.1 Å². The average Bonchev–Trinajstić information content (AvgIpc) is 3.03. The van der Waals surface area contributed by atoms with Crippen molar-refractivity contribution in [3.63, 3.8) is 0 Å². The van der Waals surface area contributed by atoms with Gasteiger partial charge in [0.05, 0.1) is 19.8 Å². The SMILES string of the molecule is O=C(Nc1ccc(Cn2cncn2)cc1)C1COCCN1. The number of nitrogens with zero attached hydrogens (tertiary/aromatic N) is 3. The summed E-state index contributed by atoms with van der Waals surface area (Å²) in [6, 6.07) is 7.40. The number of ether oxygens (including phenoxy) is 1. The normalized spacial score (nSPS) is 18.4. The van der Waals surface area contributed by atoms with Crippen LogP contribution in [0.25, 0.3) is 0 Å². The molecular weight excluding hydrogens is 270 g/mol. The molecule has 3 rings (SSSR count). The minimum atomic E-state index is -0.284. The van der Waals surface area contributed by atoms with Gasteiger partial charge < -0.3 is 15.4 Å². The molecule has 110 valence electrons. The Hall–Kier alpha value is -2.25. The monoisotopic (exact) mass is 287 g/mol. The molecule has 1 fully saturated rings. The van der Waals surface area contributed by atoms with Gasteiger partial charge in [0, 0.05) is 12.2 Å². The van der Waals surface area contributed by atoms with Crippen LogP contribution in [0.15, 0.2) is 36.9 Å². The molecule has 1 aliphatic rings. The lowest BCUT2D eigenvalue weighted by molar-refractivity contribution is -0.120. The van der Waals surface area contributed by atoms with Gasteiger partial charge in [0.15, 0.2) is 0 Å². The molecule has 0 saturated carbocycles. The van der Waals surface area contributed by atoms with E-state index in [-0.39, 0.29) is 11.9 Å². The minimum Gasteiger partial charge on any atom is -0.378 e. The van der Waals surface area contributed by atoms with E-state index in [1.54, 1.807) is 11.0 Å². The number of amides is 1. The third kappa shape index (κ3) is 3.65. The molecule has 0 bridgehead atoms. The van der Waals surface area contributed by atoms with Crippen molar-refractivity contribution in [3.05, 3.63) is 42.5 Å². The maximum atomic E-state index is 12.0. The van der Waals surface area contributed by atoms with E-state index in [1.165, 1.54) is 6.33 Å². The van der Waals surface area contributed by atoms with Gasteiger partial charge in [0.1, 0.15) is 18.7 Å². The predicted molar refractivity (Wildman–Crippen MR) is 76.8 cm³/mol. The molecule has 0 aliphatic carbocycles. The van der Waals surface area contributed by atoms with Gasteiger partial charge in [-0.25, -0.2) is 9.67 Å². The molecule has 1 unspecified atom stereocenters. The van der Waals surface area contributed by atoms with Crippen LogP contribution < -0.4 is 10.6 Å². The smallest absolute Gasteiger partial charge is 0.243 e. The molecule has 7 nitrogen and oxygen atoms in total. The molecule has 1 aliphatic heterocycles. The Balaban J connectivity index is 1.57. The minimum absolute atomic E-state index is 0.0706. The summed E-state index contributed by atoms with van der Waals surface area (Å²) >= 11 is 0. The first-order valence-electron chi connectivity index (χ1n) is 6.84. The fraction of sp³-hybridized carbons (Fsp3) is 0.357. The molecule has 1 aromatic carbocycles. The number of carbonyl (C=O) groups excluding carboxylic acids is 1. The number of carbonyl (C=O) groups is 1. The summed E-state index contributed by atoms with van der Waals surface area (Å²) in [5.41, 5.74) is 1.87. The zero-order chi connectivity index (χ0) is 14.5. The van der Waals surface area contributed by atoms with Crippen molar-refractivity contribution in [2.45, 2.75) is 12.6 Å². The molecular formula is C14H17N5O2. The summed E-state index contributed by atoms with van der Waals surface area (Å²) in [5.74, 6) is -0.0706. The summed E-state index contributed by atoms with van der Waals surface area (Å²) in [6.45, 7) is 2.43. The highest BCUT2D eigenvalue weighted by molar-refractivity contribution is 5.95. The van der Waals surface area contributed by atoms with Gasteiger partial charge in [0.2, 0.25) is 5.91 Å². The van der Waals surface area contributed by atoms with E-state index in [1.807, 2.05) is 24.3 Å². The standard InChI is InChI=1S/C14H17N5O2/c20-14(13-8-21-6-5-16-13)18-12-3-1-11(2-4-12)7-19-10-15-9-17-19/h1-4,9-10,13,16H,5-8H2,(H,18,20). The van der Waals surface area contributed by atoms with Crippen molar-refractivity contribution >= 4 is 11.6 Å². The molecule has 7 heteroatoms. The Labute approximate surface area is 122 Å². The molecule has 2 N–H and O–H groups in total. The first-order chi connectivity index (χ1) is 10.3. The molecule has 0 radical (unpaired) electrons. The largest absolute Gasteiger partial charge is 0.378 e. The average molecular weight is 287 g/mol. The summed E-state index contributed by atoms with van der Waals surface area (Å²) in [6.07, 6.45) is 3.18. The van der Waals surface area contributed by atoms with Crippen molar-refractivity contribution in [2.24, 2.45) is 0 Å². The highest BCUT2D eigenvalue weighted by atomic mass is 16.5. The molecule has 0 spiro atoms. The quantitative estimate of drug-likeness (QED) is 0.842. The molecule has 2 heterocycles. The second-order valence-corrected chi connectivity index (χ2v) is 4.86. The molecule has 1 aromatic heterocycles. The van der Waals surface area contributed by atoms with Crippen LogP contribution in [0.3, 0.4) is 0 Å². The predicted octanol–water partition coefficient (Wildman–Crippen LogP) is 0.253. The van der Waals surface area contributed by atoms with E-state index in [4.69, 9.17) is 4.74 Å². The topological polar surface area (TPSA) is 81.1 Å². The maximum absolute atomic E-state index is 12.0. The van der Waals surface area contributed by atoms with Crippen LogP contribution in [0.4, 0.5) is 5.69 Å². The van der Waals surface area contributed by atoms with Crippen LogP contribution >= 0.6 is 0 Å². The number of rotatable bonds is 4. The summed E-state index contributed by atoms with van der Waals surface area (Å²) in [4.78, 5) is 15.9. The summed E-state index contributed by atoms with van der Waals surface area (Å²) in [7, 11) is 0. The van der Waals surface area contributed by atoms with Gasteiger partial charge in [-0.2, -0.15) is 5.10 Å². The molecule has 1 amide bonds. The van der Waals surface area contributed by atoms with Crippen LogP contribution in [0.5, 0.6) is 0 Å². The second kappa shape index (κ2) is 6.47. The van der Waals surface area contributed by atoms with Crippen LogP contribution in [-0.2, 0) is 16.1 Å². The number of aromatic nitrogens is 3. The van der Waals surface area contributed by atoms with Crippen molar-refractivity contribution in [1.82, 2.24) is 20.1 Å². The number of hydrogen-bond donors (Lipinski definition) is 2. The van der Waals surface area contributed by atoms with Crippen LogP contribution in [-0.4, -0.2) is 46.5 Å². The number of hydrogen-bond acceptors (Lipinski definition) is 5.